The maximum atomic E-state index is 2.62. The molecule has 3 rings (SSSR count). The minimum atomic E-state index is 0.770. The third-order valence-electron chi connectivity index (χ3n) is 11.1. The summed E-state index contributed by atoms with van der Waals surface area (Å²) in [6.07, 6.45) is 13.3. The molecule has 1 nitrogen and oxygen atoms in total. The van der Waals surface area contributed by atoms with Crippen LogP contribution in [0.15, 0.2) is 0 Å². The first-order valence-electron chi connectivity index (χ1n) is 13.3. The molecule has 0 aliphatic heterocycles. The highest BCUT2D eigenvalue weighted by atomic mass is 15.3. The number of hydrogen-bond acceptors (Lipinski definition) is 0. The van der Waals surface area contributed by atoms with Crippen molar-refractivity contribution in [3.63, 3.8) is 0 Å². The van der Waals surface area contributed by atoms with Gasteiger partial charge < -0.3 is 4.48 Å². The fraction of sp³-hybridized carbons (Fsp3) is 1.00. The molecule has 0 radical (unpaired) electrons. The molecule has 0 N–H and O–H groups in total. The van der Waals surface area contributed by atoms with Gasteiger partial charge in [0.05, 0.1) is 27.2 Å². The van der Waals surface area contributed by atoms with E-state index in [9.17, 15) is 0 Å². The van der Waals surface area contributed by atoms with E-state index in [-0.39, 0.29) is 0 Å². The van der Waals surface area contributed by atoms with Crippen LogP contribution in [0, 0.1) is 52.8 Å². The molecule has 3 aliphatic rings. The first-order chi connectivity index (χ1) is 13.5. The third-order valence-corrected chi connectivity index (χ3v) is 11.1. The first-order valence-corrected chi connectivity index (χ1v) is 13.3. The quantitative estimate of drug-likeness (QED) is 0.328. The minimum Gasteiger partial charge on any atom is -0.329 e. The van der Waals surface area contributed by atoms with Crippen molar-refractivity contribution in [3.8, 4) is 0 Å². The highest BCUT2D eigenvalue weighted by Gasteiger charge is 2.70. The van der Waals surface area contributed by atoms with E-state index >= 15 is 0 Å². The molecule has 3 saturated carbocycles. The summed E-state index contributed by atoms with van der Waals surface area (Å²) in [7, 11) is 7.04. The van der Waals surface area contributed by atoms with Gasteiger partial charge in [-0.05, 0) is 98.2 Å². The van der Waals surface area contributed by atoms with Crippen LogP contribution in [-0.2, 0) is 0 Å². The largest absolute Gasteiger partial charge is 0.329 e. The highest BCUT2D eigenvalue weighted by molar-refractivity contribution is 5.18. The molecule has 10 unspecified atom stereocenters. The van der Waals surface area contributed by atoms with Crippen LogP contribution in [0.1, 0.15) is 99.3 Å². The SMILES string of the molecule is CCC1CC(C)C(CCCC2CC3(C2C)C(C)C3CCCC(C)[N+](C)(C)C)C1C. The summed E-state index contributed by atoms with van der Waals surface area (Å²) in [5.74, 6) is 8.07. The minimum absolute atomic E-state index is 0.770. The summed E-state index contributed by atoms with van der Waals surface area (Å²) in [6.45, 7) is 15.1. The Labute approximate surface area is 184 Å². The van der Waals surface area contributed by atoms with Gasteiger partial charge in [0.2, 0.25) is 0 Å². The Kier molecular flexibility index (Phi) is 7.20. The molecule has 0 aromatic carbocycles. The number of hydrogen-bond donors (Lipinski definition) is 0. The molecule has 1 spiro atoms. The van der Waals surface area contributed by atoms with Crippen LogP contribution in [0.5, 0.6) is 0 Å². The Bertz CT molecular complexity index is 533. The Morgan fingerprint density at radius 3 is 2.14 bits per heavy atom. The molecule has 10 atom stereocenters. The van der Waals surface area contributed by atoms with E-state index in [1.54, 1.807) is 6.42 Å². The van der Waals surface area contributed by atoms with Gasteiger partial charge in [0, 0.05) is 0 Å². The molecule has 0 heterocycles. The van der Waals surface area contributed by atoms with Crippen molar-refractivity contribution >= 4 is 0 Å². The van der Waals surface area contributed by atoms with Crippen LogP contribution in [-0.4, -0.2) is 31.7 Å². The predicted molar refractivity (Wildman–Crippen MR) is 128 cm³/mol. The Morgan fingerprint density at radius 1 is 0.897 bits per heavy atom. The van der Waals surface area contributed by atoms with E-state index in [0.29, 0.717) is 0 Å². The molecule has 0 amide bonds. The molecule has 3 aliphatic carbocycles. The van der Waals surface area contributed by atoms with Crippen LogP contribution < -0.4 is 0 Å². The topological polar surface area (TPSA) is 0 Å². The third kappa shape index (κ3) is 4.47. The summed E-state index contributed by atoms with van der Waals surface area (Å²) < 4.78 is 1.11. The van der Waals surface area contributed by atoms with Crippen molar-refractivity contribution in [1.82, 2.24) is 0 Å². The predicted octanol–water partition coefficient (Wildman–Crippen LogP) is 7.65. The Morgan fingerprint density at radius 2 is 1.59 bits per heavy atom. The lowest BCUT2D eigenvalue weighted by atomic mass is 9.59. The zero-order chi connectivity index (χ0) is 21.6. The van der Waals surface area contributed by atoms with E-state index in [0.717, 1.165) is 63.3 Å². The summed E-state index contributed by atoms with van der Waals surface area (Å²) in [6, 6.07) is 0.791. The smallest absolute Gasteiger partial charge is 0.0855 e. The van der Waals surface area contributed by atoms with Gasteiger partial charge in [0.1, 0.15) is 0 Å². The lowest BCUT2D eigenvalue weighted by Gasteiger charge is -2.46. The second-order valence-electron chi connectivity index (χ2n) is 13.0. The lowest BCUT2D eigenvalue weighted by Crippen LogP contribution is -2.43. The summed E-state index contributed by atoms with van der Waals surface area (Å²) in [5, 5.41) is 0. The number of rotatable bonds is 10. The van der Waals surface area contributed by atoms with Gasteiger partial charge in [-0.15, -0.1) is 0 Å². The number of nitrogens with zero attached hydrogens (tertiary/aromatic N) is 1. The van der Waals surface area contributed by atoms with Crippen molar-refractivity contribution in [3.05, 3.63) is 0 Å². The average Bonchev–Trinajstić information content (AvgIpc) is 3.15. The van der Waals surface area contributed by atoms with Crippen molar-refractivity contribution in [2.24, 2.45) is 52.8 Å². The second-order valence-corrected chi connectivity index (χ2v) is 13.0. The molecule has 29 heavy (non-hydrogen) atoms. The van der Waals surface area contributed by atoms with E-state index in [1.165, 1.54) is 51.4 Å². The zero-order valence-electron chi connectivity index (χ0n) is 21.5. The van der Waals surface area contributed by atoms with E-state index in [1.807, 2.05) is 0 Å². The van der Waals surface area contributed by atoms with E-state index in [4.69, 9.17) is 0 Å². The molecular weight excluding hydrogens is 350 g/mol. The van der Waals surface area contributed by atoms with Gasteiger partial charge in [0.25, 0.3) is 0 Å². The maximum absolute atomic E-state index is 2.62. The molecular formula is C28H54N+. The van der Waals surface area contributed by atoms with Crippen molar-refractivity contribution in [2.75, 3.05) is 21.1 Å². The van der Waals surface area contributed by atoms with E-state index < -0.39 is 0 Å². The number of quaternary nitrogens is 1. The lowest BCUT2D eigenvalue weighted by molar-refractivity contribution is -0.894. The fourth-order valence-electron chi connectivity index (χ4n) is 8.27. The molecule has 1 heteroatoms. The standard InChI is InChI=1S/C28H54N/c1-10-24-17-19(2)26(21(24)4)15-12-14-25-18-28(22(25)5)23(6)27(28)16-11-13-20(3)29(7,8)9/h19-27H,10-18H2,1-9H3/q+1. The van der Waals surface area contributed by atoms with Crippen LogP contribution in [0.2, 0.25) is 0 Å². The van der Waals surface area contributed by atoms with Crippen LogP contribution in [0.3, 0.4) is 0 Å². The van der Waals surface area contributed by atoms with Crippen LogP contribution >= 0.6 is 0 Å². The van der Waals surface area contributed by atoms with Crippen molar-refractivity contribution in [1.29, 1.82) is 0 Å². The molecule has 170 valence electrons. The van der Waals surface area contributed by atoms with Crippen LogP contribution in [0.4, 0.5) is 0 Å². The molecule has 3 fully saturated rings. The zero-order valence-corrected chi connectivity index (χ0v) is 21.5. The van der Waals surface area contributed by atoms with E-state index in [2.05, 4.69) is 62.7 Å². The molecule has 0 aromatic rings. The average molecular weight is 405 g/mol. The van der Waals surface area contributed by atoms with Gasteiger partial charge in [0.15, 0.2) is 0 Å². The molecule has 0 saturated heterocycles. The monoisotopic (exact) mass is 404 g/mol. The summed E-state index contributed by atoms with van der Waals surface area (Å²) >= 11 is 0. The van der Waals surface area contributed by atoms with Gasteiger partial charge in [-0.25, -0.2) is 0 Å². The van der Waals surface area contributed by atoms with Crippen molar-refractivity contribution < 1.29 is 4.48 Å². The van der Waals surface area contributed by atoms with Crippen LogP contribution in [0.25, 0.3) is 0 Å². The molecule has 0 aromatic heterocycles. The first kappa shape index (κ1) is 23.6. The summed E-state index contributed by atoms with van der Waals surface area (Å²) in [5.41, 5.74) is 0.770. The molecule has 0 bridgehead atoms. The van der Waals surface area contributed by atoms with Gasteiger partial charge in [-0.3, -0.25) is 0 Å². The fourth-order valence-corrected chi connectivity index (χ4v) is 8.27. The van der Waals surface area contributed by atoms with Crippen molar-refractivity contribution in [2.45, 2.75) is 105 Å². The van der Waals surface area contributed by atoms with Gasteiger partial charge in [-0.1, -0.05) is 53.9 Å². The normalized spacial score (nSPS) is 45.4. The Balaban J connectivity index is 1.37. The Hall–Kier alpha value is -0.0400. The van der Waals surface area contributed by atoms with Gasteiger partial charge in [-0.2, -0.15) is 0 Å². The second kappa shape index (κ2) is 8.84. The summed E-state index contributed by atoms with van der Waals surface area (Å²) in [4.78, 5) is 0. The maximum Gasteiger partial charge on any atom is 0.0855 e. The van der Waals surface area contributed by atoms with Gasteiger partial charge >= 0.3 is 0 Å². The highest BCUT2D eigenvalue weighted by Crippen LogP contribution is 2.76.